The number of nitriles is 1. The van der Waals surface area contributed by atoms with Gasteiger partial charge in [0.05, 0.1) is 12.6 Å². The summed E-state index contributed by atoms with van der Waals surface area (Å²) in [4.78, 5) is 11.8. The van der Waals surface area contributed by atoms with Crippen molar-refractivity contribution in [1.82, 2.24) is 8.61 Å². The van der Waals surface area contributed by atoms with Crippen LogP contribution in [-0.4, -0.2) is 50.1 Å². The lowest BCUT2D eigenvalue weighted by Crippen LogP contribution is -2.43. The Morgan fingerprint density at radius 3 is 2.43 bits per heavy atom. The molecule has 0 atom stereocenters. The molecule has 21 heavy (non-hydrogen) atoms. The zero-order valence-corrected chi connectivity index (χ0v) is 12.8. The standard InChI is InChI=1S/C13H18N4O3S/c1-16(10-6-9-14)21(19,20)17(2)11-13(18)15-12-7-4-3-5-8-12/h3-5,7-8H,6,10-11H2,1-2H3,(H,15,18). The number of nitrogens with one attached hydrogen (secondary N) is 1. The van der Waals surface area contributed by atoms with Crippen molar-refractivity contribution in [2.45, 2.75) is 6.42 Å². The number of benzene rings is 1. The van der Waals surface area contributed by atoms with Crippen molar-refractivity contribution in [2.75, 3.05) is 32.5 Å². The zero-order valence-electron chi connectivity index (χ0n) is 12.0. The van der Waals surface area contributed by atoms with Crippen LogP contribution in [0, 0.1) is 11.3 Å². The number of likely N-dealkylation sites (N-methyl/N-ethyl adjacent to an activating group) is 1. The zero-order chi connectivity index (χ0) is 15.9. The van der Waals surface area contributed by atoms with E-state index < -0.39 is 16.1 Å². The van der Waals surface area contributed by atoms with Crippen LogP contribution in [0.3, 0.4) is 0 Å². The Bertz CT molecular complexity index is 610. The number of hydrogen-bond acceptors (Lipinski definition) is 4. The molecule has 1 aromatic carbocycles. The highest BCUT2D eigenvalue weighted by atomic mass is 32.2. The summed E-state index contributed by atoms with van der Waals surface area (Å²) in [6.07, 6.45) is 0.0970. The molecule has 7 nitrogen and oxygen atoms in total. The van der Waals surface area contributed by atoms with Gasteiger partial charge in [0, 0.05) is 32.7 Å². The number of carbonyl (C=O) groups excluding carboxylic acids is 1. The maximum absolute atomic E-state index is 12.1. The van der Waals surface area contributed by atoms with E-state index >= 15 is 0 Å². The molecular formula is C13H18N4O3S. The van der Waals surface area contributed by atoms with E-state index in [9.17, 15) is 13.2 Å². The fourth-order valence-electron chi connectivity index (χ4n) is 1.57. The summed E-state index contributed by atoms with van der Waals surface area (Å²) < 4.78 is 26.2. The van der Waals surface area contributed by atoms with E-state index in [0.717, 1.165) is 8.61 Å². The van der Waals surface area contributed by atoms with Gasteiger partial charge in [-0.25, -0.2) is 0 Å². The molecule has 0 aliphatic carbocycles. The number of nitrogens with zero attached hydrogens (tertiary/aromatic N) is 3. The van der Waals surface area contributed by atoms with Crippen LogP contribution in [0.2, 0.25) is 0 Å². The Morgan fingerprint density at radius 2 is 1.86 bits per heavy atom. The van der Waals surface area contributed by atoms with Crippen LogP contribution in [0.15, 0.2) is 30.3 Å². The van der Waals surface area contributed by atoms with Gasteiger partial charge in [-0.05, 0) is 12.1 Å². The summed E-state index contributed by atoms with van der Waals surface area (Å²) in [6, 6.07) is 10.7. The minimum Gasteiger partial charge on any atom is -0.325 e. The number of amides is 1. The van der Waals surface area contributed by atoms with Gasteiger partial charge in [-0.2, -0.15) is 22.3 Å². The molecule has 0 unspecified atom stereocenters. The maximum Gasteiger partial charge on any atom is 0.281 e. The summed E-state index contributed by atoms with van der Waals surface area (Å²) in [5, 5.41) is 11.1. The van der Waals surface area contributed by atoms with E-state index in [-0.39, 0.29) is 19.5 Å². The topological polar surface area (TPSA) is 93.5 Å². The molecule has 0 aliphatic heterocycles. The summed E-state index contributed by atoms with van der Waals surface area (Å²) in [5.74, 6) is -0.430. The predicted molar refractivity (Wildman–Crippen MR) is 79.5 cm³/mol. The van der Waals surface area contributed by atoms with Gasteiger partial charge in [0.2, 0.25) is 5.91 Å². The largest absolute Gasteiger partial charge is 0.325 e. The molecule has 0 spiro atoms. The minimum atomic E-state index is -3.74. The van der Waals surface area contributed by atoms with Crippen molar-refractivity contribution >= 4 is 21.8 Å². The highest BCUT2D eigenvalue weighted by molar-refractivity contribution is 7.86. The van der Waals surface area contributed by atoms with Crippen LogP contribution in [0.4, 0.5) is 5.69 Å². The highest BCUT2D eigenvalue weighted by Crippen LogP contribution is 2.07. The smallest absolute Gasteiger partial charge is 0.281 e. The Kier molecular flexibility index (Phi) is 6.30. The molecular weight excluding hydrogens is 292 g/mol. The van der Waals surface area contributed by atoms with Crippen molar-refractivity contribution < 1.29 is 13.2 Å². The van der Waals surface area contributed by atoms with Crippen LogP contribution in [0.25, 0.3) is 0 Å². The van der Waals surface area contributed by atoms with Crippen molar-refractivity contribution in [1.29, 1.82) is 5.26 Å². The lowest BCUT2D eigenvalue weighted by atomic mass is 10.3. The first kappa shape index (κ1) is 17.1. The maximum atomic E-state index is 12.1. The molecule has 114 valence electrons. The second kappa shape index (κ2) is 7.73. The average molecular weight is 310 g/mol. The normalized spacial score (nSPS) is 11.4. The van der Waals surface area contributed by atoms with Gasteiger partial charge in [-0.15, -0.1) is 0 Å². The number of hydrogen-bond donors (Lipinski definition) is 1. The van der Waals surface area contributed by atoms with Crippen LogP contribution in [0.5, 0.6) is 0 Å². The van der Waals surface area contributed by atoms with Gasteiger partial charge in [-0.3, -0.25) is 4.79 Å². The molecule has 1 N–H and O–H groups in total. The SMILES string of the molecule is CN(CCC#N)S(=O)(=O)N(C)CC(=O)Nc1ccccc1. The molecule has 1 aromatic rings. The van der Waals surface area contributed by atoms with Crippen LogP contribution >= 0.6 is 0 Å². The van der Waals surface area contributed by atoms with Crippen LogP contribution < -0.4 is 5.32 Å². The molecule has 0 heterocycles. The van der Waals surface area contributed by atoms with E-state index in [1.807, 2.05) is 12.1 Å². The van der Waals surface area contributed by atoms with E-state index in [1.165, 1.54) is 14.1 Å². The summed E-state index contributed by atoms with van der Waals surface area (Å²) in [5.41, 5.74) is 0.603. The number of anilines is 1. The Hall–Kier alpha value is -1.95. The Morgan fingerprint density at radius 1 is 1.24 bits per heavy atom. The summed E-state index contributed by atoms with van der Waals surface area (Å²) >= 11 is 0. The number of carbonyl (C=O) groups is 1. The number of para-hydroxylation sites is 1. The van der Waals surface area contributed by atoms with Gasteiger partial charge in [0.25, 0.3) is 10.2 Å². The Labute approximate surface area is 125 Å². The Balaban J connectivity index is 2.61. The van der Waals surface area contributed by atoms with Crippen molar-refractivity contribution in [3.8, 4) is 6.07 Å². The third-order valence-electron chi connectivity index (χ3n) is 2.75. The van der Waals surface area contributed by atoms with E-state index in [2.05, 4.69) is 5.32 Å². The number of rotatable bonds is 7. The fourth-order valence-corrected chi connectivity index (χ4v) is 2.64. The minimum absolute atomic E-state index is 0.0868. The highest BCUT2D eigenvalue weighted by Gasteiger charge is 2.25. The van der Waals surface area contributed by atoms with Crippen molar-refractivity contribution in [3.05, 3.63) is 30.3 Å². The molecule has 8 heteroatoms. The lowest BCUT2D eigenvalue weighted by molar-refractivity contribution is -0.116. The first-order valence-electron chi connectivity index (χ1n) is 6.27. The first-order chi connectivity index (χ1) is 9.87. The molecule has 0 aromatic heterocycles. The molecule has 0 radical (unpaired) electrons. The lowest BCUT2D eigenvalue weighted by Gasteiger charge is -2.23. The first-order valence-corrected chi connectivity index (χ1v) is 7.67. The second-order valence-corrected chi connectivity index (χ2v) is 6.55. The quantitative estimate of drug-likeness (QED) is 0.800. The van der Waals surface area contributed by atoms with E-state index in [4.69, 9.17) is 5.26 Å². The van der Waals surface area contributed by atoms with Gasteiger partial charge < -0.3 is 5.32 Å². The summed E-state index contributed by atoms with van der Waals surface area (Å²) in [6.45, 7) is -0.211. The monoisotopic (exact) mass is 310 g/mol. The van der Waals surface area contributed by atoms with Gasteiger partial charge in [0.15, 0.2) is 0 Å². The summed E-state index contributed by atoms with van der Waals surface area (Å²) in [7, 11) is -1.05. The molecule has 1 amide bonds. The van der Waals surface area contributed by atoms with Crippen LogP contribution in [0.1, 0.15) is 6.42 Å². The third kappa shape index (κ3) is 5.15. The average Bonchev–Trinajstić information content (AvgIpc) is 2.45. The molecule has 1 rings (SSSR count). The fraction of sp³-hybridized carbons (Fsp3) is 0.385. The van der Waals surface area contributed by atoms with Gasteiger partial charge in [-0.1, -0.05) is 18.2 Å². The van der Waals surface area contributed by atoms with Gasteiger partial charge in [0.1, 0.15) is 0 Å². The molecule has 0 aliphatic rings. The molecule has 0 saturated heterocycles. The second-order valence-electron chi connectivity index (χ2n) is 4.41. The molecule has 0 saturated carbocycles. The molecule has 0 bridgehead atoms. The molecule has 0 fully saturated rings. The third-order valence-corrected chi connectivity index (χ3v) is 4.64. The van der Waals surface area contributed by atoms with E-state index in [0.29, 0.717) is 5.69 Å². The van der Waals surface area contributed by atoms with Gasteiger partial charge >= 0.3 is 0 Å². The van der Waals surface area contributed by atoms with Crippen LogP contribution in [-0.2, 0) is 15.0 Å². The predicted octanol–water partition coefficient (Wildman–Crippen LogP) is 0.647. The van der Waals surface area contributed by atoms with E-state index in [1.54, 1.807) is 24.3 Å². The van der Waals surface area contributed by atoms with Crippen molar-refractivity contribution in [2.24, 2.45) is 0 Å². The van der Waals surface area contributed by atoms with Crippen molar-refractivity contribution in [3.63, 3.8) is 0 Å².